The van der Waals surface area contributed by atoms with Crippen molar-refractivity contribution in [3.05, 3.63) is 36.1 Å². The van der Waals surface area contributed by atoms with Crippen LogP contribution in [0.4, 0.5) is 11.5 Å². The molecule has 0 spiro atoms. The molecule has 0 aromatic carbocycles. The molecule has 0 aliphatic heterocycles. The standard InChI is InChI=1S/C15H14ClN7O2/c1-24-5-3-23-13(16)11(7-18-23)20-15-12-10(6-17-22-12)19-14(21-15)9-2-4-25-8-9/h2,4,6-8H,3,5H2,1H3,(H,17,22)(H,19,20,21). The van der Waals surface area contributed by atoms with Crippen LogP contribution in [0, 0.1) is 0 Å². The van der Waals surface area contributed by atoms with Crippen molar-refractivity contribution in [1.29, 1.82) is 0 Å². The number of nitrogens with one attached hydrogen (secondary N) is 2. The summed E-state index contributed by atoms with van der Waals surface area (Å²) in [6.07, 6.45) is 6.43. The summed E-state index contributed by atoms with van der Waals surface area (Å²) in [6.45, 7) is 1.07. The van der Waals surface area contributed by atoms with E-state index >= 15 is 0 Å². The van der Waals surface area contributed by atoms with Gasteiger partial charge in [-0.05, 0) is 6.07 Å². The number of hydrogen-bond acceptors (Lipinski definition) is 7. The highest BCUT2D eigenvalue weighted by molar-refractivity contribution is 6.32. The first-order valence-electron chi connectivity index (χ1n) is 7.47. The third-order valence-corrected chi connectivity index (χ3v) is 4.01. The van der Waals surface area contributed by atoms with Gasteiger partial charge in [0, 0.05) is 7.11 Å². The minimum atomic E-state index is 0.466. The Labute approximate surface area is 147 Å². The highest BCUT2D eigenvalue weighted by atomic mass is 35.5. The first-order chi connectivity index (χ1) is 12.3. The molecule has 0 saturated heterocycles. The second-order valence-corrected chi connectivity index (χ2v) is 5.59. The van der Waals surface area contributed by atoms with E-state index in [0.29, 0.717) is 46.7 Å². The van der Waals surface area contributed by atoms with Crippen LogP contribution in [0.2, 0.25) is 5.15 Å². The third-order valence-electron chi connectivity index (χ3n) is 3.61. The summed E-state index contributed by atoms with van der Waals surface area (Å²) in [5, 5.41) is 14.8. The zero-order chi connectivity index (χ0) is 17.2. The minimum Gasteiger partial charge on any atom is -0.472 e. The van der Waals surface area contributed by atoms with Crippen molar-refractivity contribution >= 4 is 34.1 Å². The fraction of sp³-hybridized carbons (Fsp3) is 0.200. The fourth-order valence-corrected chi connectivity index (χ4v) is 2.59. The van der Waals surface area contributed by atoms with Gasteiger partial charge in [0.2, 0.25) is 0 Å². The Kier molecular flexibility index (Phi) is 4.08. The summed E-state index contributed by atoms with van der Waals surface area (Å²) < 4.78 is 11.8. The number of nitrogens with zero attached hydrogens (tertiary/aromatic N) is 5. The van der Waals surface area contributed by atoms with Gasteiger partial charge in [0.25, 0.3) is 0 Å². The molecular weight excluding hydrogens is 346 g/mol. The SMILES string of the molecule is COCCn1ncc(Nc2nc(-c3ccoc3)nc3cn[nH]c23)c1Cl. The average molecular weight is 360 g/mol. The van der Waals surface area contributed by atoms with Crippen LogP contribution >= 0.6 is 11.6 Å². The molecular formula is C15H14ClN7O2. The Hall–Kier alpha value is -2.91. The summed E-state index contributed by atoms with van der Waals surface area (Å²) in [4.78, 5) is 9.02. The van der Waals surface area contributed by atoms with Crippen LogP contribution in [0.5, 0.6) is 0 Å². The number of halogens is 1. The Morgan fingerprint density at radius 2 is 2.28 bits per heavy atom. The minimum absolute atomic E-state index is 0.466. The Balaban J connectivity index is 1.72. The van der Waals surface area contributed by atoms with Gasteiger partial charge in [-0.3, -0.25) is 5.10 Å². The van der Waals surface area contributed by atoms with Gasteiger partial charge in [0.05, 0.1) is 43.1 Å². The van der Waals surface area contributed by atoms with E-state index in [1.165, 1.54) is 0 Å². The van der Waals surface area contributed by atoms with E-state index in [1.807, 2.05) is 0 Å². The second kappa shape index (κ2) is 6.54. The van der Waals surface area contributed by atoms with Crippen molar-refractivity contribution in [3.8, 4) is 11.4 Å². The lowest BCUT2D eigenvalue weighted by atomic mass is 10.3. The molecule has 0 atom stereocenters. The van der Waals surface area contributed by atoms with Gasteiger partial charge in [-0.2, -0.15) is 10.2 Å². The molecule has 2 N–H and O–H groups in total. The van der Waals surface area contributed by atoms with E-state index in [1.54, 1.807) is 42.8 Å². The Morgan fingerprint density at radius 1 is 1.36 bits per heavy atom. The first-order valence-corrected chi connectivity index (χ1v) is 7.85. The molecule has 4 heterocycles. The number of furan rings is 1. The second-order valence-electron chi connectivity index (χ2n) is 5.23. The molecule has 0 saturated carbocycles. The Morgan fingerprint density at radius 3 is 3.08 bits per heavy atom. The van der Waals surface area contributed by atoms with Crippen LogP contribution in [0.25, 0.3) is 22.4 Å². The molecule has 0 aliphatic rings. The molecule has 0 radical (unpaired) electrons. The van der Waals surface area contributed by atoms with E-state index < -0.39 is 0 Å². The maximum atomic E-state index is 6.37. The van der Waals surface area contributed by atoms with Crippen LogP contribution in [-0.2, 0) is 11.3 Å². The number of aromatic amines is 1. The Bertz CT molecular complexity index is 993. The van der Waals surface area contributed by atoms with Crippen LogP contribution < -0.4 is 5.32 Å². The first kappa shape index (κ1) is 15.6. The number of methoxy groups -OCH3 is 1. The van der Waals surface area contributed by atoms with Gasteiger partial charge in [-0.1, -0.05) is 11.6 Å². The van der Waals surface area contributed by atoms with Crippen molar-refractivity contribution in [2.45, 2.75) is 6.54 Å². The van der Waals surface area contributed by atoms with Crippen LogP contribution in [0.1, 0.15) is 0 Å². The molecule has 4 aromatic rings. The third kappa shape index (κ3) is 2.94. The summed E-state index contributed by atoms with van der Waals surface area (Å²) >= 11 is 6.37. The van der Waals surface area contributed by atoms with E-state index in [4.69, 9.17) is 20.8 Å². The smallest absolute Gasteiger partial charge is 0.165 e. The van der Waals surface area contributed by atoms with Gasteiger partial charge >= 0.3 is 0 Å². The van der Waals surface area contributed by atoms with Gasteiger partial charge in [0.15, 0.2) is 16.8 Å². The summed E-state index contributed by atoms with van der Waals surface area (Å²) in [5.41, 5.74) is 2.75. The molecule has 0 fully saturated rings. The molecule has 0 aliphatic carbocycles. The lowest BCUT2D eigenvalue weighted by Gasteiger charge is -2.07. The monoisotopic (exact) mass is 359 g/mol. The van der Waals surface area contributed by atoms with Crippen molar-refractivity contribution in [2.75, 3.05) is 19.0 Å². The lowest BCUT2D eigenvalue weighted by molar-refractivity contribution is 0.183. The van der Waals surface area contributed by atoms with Crippen molar-refractivity contribution in [2.24, 2.45) is 0 Å². The zero-order valence-electron chi connectivity index (χ0n) is 13.2. The average Bonchev–Trinajstić information content (AvgIpc) is 3.35. The number of hydrogen-bond donors (Lipinski definition) is 2. The highest BCUT2D eigenvalue weighted by Crippen LogP contribution is 2.29. The molecule has 0 amide bonds. The number of anilines is 2. The number of ether oxygens (including phenoxy) is 1. The predicted molar refractivity (Wildman–Crippen MR) is 91.8 cm³/mol. The van der Waals surface area contributed by atoms with Gasteiger partial charge < -0.3 is 14.5 Å². The maximum Gasteiger partial charge on any atom is 0.165 e. The van der Waals surface area contributed by atoms with Gasteiger partial charge in [-0.25, -0.2) is 14.6 Å². The van der Waals surface area contributed by atoms with E-state index in [0.717, 1.165) is 5.56 Å². The number of fused-ring (bicyclic) bond motifs is 1. The van der Waals surface area contributed by atoms with Crippen molar-refractivity contribution in [3.63, 3.8) is 0 Å². The molecule has 128 valence electrons. The van der Waals surface area contributed by atoms with Crippen molar-refractivity contribution < 1.29 is 9.15 Å². The van der Waals surface area contributed by atoms with E-state index in [2.05, 4.69) is 30.6 Å². The van der Waals surface area contributed by atoms with E-state index in [-0.39, 0.29) is 0 Å². The summed E-state index contributed by atoms with van der Waals surface area (Å²) in [7, 11) is 1.63. The van der Waals surface area contributed by atoms with Gasteiger partial charge in [-0.15, -0.1) is 0 Å². The molecule has 4 rings (SSSR count). The van der Waals surface area contributed by atoms with Crippen LogP contribution in [-0.4, -0.2) is 43.7 Å². The predicted octanol–water partition coefficient (Wildman–Crippen LogP) is 2.85. The topological polar surface area (TPSA) is 107 Å². The molecule has 9 nitrogen and oxygen atoms in total. The molecule has 25 heavy (non-hydrogen) atoms. The lowest BCUT2D eigenvalue weighted by Crippen LogP contribution is -2.06. The summed E-state index contributed by atoms with van der Waals surface area (Å²) in [5.74, 6) is 1.07. The quantitative estimate of drug-likeness (QED) is 0.545. The normalized spacial score (nSPS) is 11.3. The van der Waals surface area contributed by atoms with Crippen LogP contribution in [0.3, 0.4) is 0 Å². The largest absolute Gasteiger partial charge is 0.472 e. The summed E-state index contributed by atoms with van der Waals surface area (Å²) in [6, 6.07) is 1.79. The zero-order valence-corrected chi connectivity index (χ0v) is 14.0. The molecule has 10 heteroatoms. The maximum absolute atomic E-state index is 6.37. The number of rotatable bonds is 6. The van der Waals surface area contributed by atoms with Crippen LogP contribution in [0.15, 0.2) is 35.4 Å². The van der Waals surface area contributed by atoms with Crippen molar-refractivity contribution in [1.82, 2.24) is 29.9 Å². The van der Waals surface area contributed by atoms with Gasteiger partial charge in [0.1, 0.15) is 17.3 Å². The molecule has 4 aromatic heterocycles. The number of aromatic nitrogens is 6. The highest BCUT2D eigenvalue weighted by Gasteiger charge is 2.15. The molecule has 0 bridgehead atoms. The fourth-order valence-electron chi connectivity index (χ4n) is 2.37. The van der Waals surface area contributed by atoms with E-state index in [9.17, 15) is 0 Å². The number of H-pyrrole nitrogens is 1. The molecule has 0 unspecified atom stereocenters.